The molecule has 2 N–H and O–H groups in total. The molecule has 0 aliphatic rings. The van der Waals surface area contributed by atoms with Crippen molar-refractivity contribution < 1.29 is 21.6 Å². The lowest BCUT2D eigenvalue weighted by Gasteiger charge is -2.28. The molecule has 1 atom stereocenters. The molecule has 0 aliphatic carbocycles. The molecule has 0 spiro atoms. The van der Waals surface area contributed by atoms with Crippen LogP contribution in [0.1, 0.15) is 23.6 Å². The van der Waals surface area contributed by atoms with E-state index in [1.54, 1.807) is 36.4 Å². The third-order valence-corrected chi connectivity index (χ3v) is 8.21. The molecule has 0 saturated carbocycles. The molecule has 0 aliphatic heterocycles. The quantitative estimate of drug-likeness (QED) is 0.467. The molecular weight excluding hydrogens is 486 g/mol. The Bertz CT molecular complexity index is 1430. The van der Waals surface area contributed by atoms with Crippen LogP contribution in [0.3, 0.4) is 0 Å². The number of carbonyl (C=O) groups is 1. The summed E-state index contributed by atoms with van der Waals surface area (Å²) < 4.78 is 54.0. The third-order valence-electron chi connectivity index (χ3n) is 5.57. The van der Waals surface area contributed by atoms with Gasteiger partial charge >= 0.3 is 0 Å². The minimum atomic E-state index is -3.83. The number of rotatable bonds is 8. The summed E-state index contributed by atoms with van der Waals surface area (Å²) in [6.07, 6.45) is 1.04. The predicted molar refractivity (Wildman–Crippen MR) is 140 cm³/mol. The Balaban J connectivity index is 1.76. The van der Waals surface area contributed by atoms with Crippen molar-refractivity contribution in [1.29, 1.82) is 0 Å². The maximum atomic E-state index is 12.9. The van der Waals surface area contributed by atoms with Crippen molar-refractivity contribution in [3.8, 4) is 0 Å². The van der Waals surface area contributed by atoms with E-state index in [2.05, 4.69) is 10.0 Å². The summed E-state index contributed by atoms with van der Waals surface area (Å²) in [5.41, 5.74) is 4.15. The fourth-order valence-electron chi connectivity index (χ4n) is 3.48. The van der Waals surface area contributed by atoms with Crippen molar-refractivity contribution in [3.05, 3.63) is 83.4 Å². The monoisotopic (exact) mass is 515 g/mol. The minimum absolute atomic E-state index is 0.0270. The number of aryl methyl sites for hydroxylation is 3. The Morgan fingerprint density at radius 3 is 1.91 bits per heavy atom. The van der Waals surface area contributed by atoms with E-state index in [4.69, 9.17) is 0 Å². The first-order valence-electron chi connectivity index (χ1n) is 10.8. The second-order valence-corrected chi connectivity index (χ2v) is 12.0. The average molecular weight is 516 g/mol. The molecule has 3 rings (SSSR count). The van der Waals surface area contributed by atoms with Crippen LogP contribution in [-0.2, 0) is 24.8 Å². The van der Waals surface area contributed by atoms with Gasteiger partial charge in [-0.2, -0.15) is 0 Å². The fraction of sp³-hybridized carbons (Fsp3) is 0.240. The molecule has 0 bridgehead atoms. The summed E-state index contributed by atoms with van der Waals surface area (Å²) in [5, 5.41) is 2.66. The maximum Gasteiger partial charge on any atom is 0.261 e. The molecule has 0 unspecified atom stereocenters. The average Bonchev–Trinajstić information content (AvgIpc) is 2.77. The Labute approximate surface area is 207 Å². The molecule has 0 aromatic heterocycles. The van der Waals surface area contributed by atoms with Gasteiger partial charge in [0, 0.05) is 11.4 Å². The topological polar surface area (TPSA) is 113 Å². The van der Waals surface area contributed by atoms with Gasteiger partial charge in [-0.1, -0.05) is 23.8 Å². The Morgan fingerprint density at radius 2 is 1.37 bits per heavy atom. The largest absolute Gasteiger partial charge is 0.324 e. The van der Waals surface area contributed by atoms with E-state index in [1.165, 1.54) is 31.2 Å². The van der Waals surface area contributed by atoms with Crippen molar-refractivity contribution in [3.63, 3.8) is 0 Å². The zero-order valence-electron chi connectivity index (χ0n) is 20.2. The number of nitrogens with zero attached hydrogens (tertiary/aromatic N) is 1. The molecule has 0 radical (unpaired) electrons. The summed E-state index contributed by atoms with van der Waals surface area (Å²) >= 11 is 0. The Morgan fingerprint density at radius 1 is 0.800 bits per heavy atom. The highest BCUT2D eigenvalue weighted by molar-refractivity contribution is 7.92. The van der Waals surface area contributed by atoms with Gasteiger partial charge in [-0.25, -0.2) is 16.8 Å². The van der Waals surface area contributed by atoms with Crippen molar-refractivity contribution >= 4 is 43.0 Å². The van der Waals surface area contributed by atoms with Gasteiger partial charge in [-0.15, -0.1) is 0 Å². The van der Waals surface area contributed by atoms with Gasteiger partial charge < -0.3 is 5.32 Å². The first-order valence-corrected chi connectivity index (χ1v) is 14.2. The van der Waals surface area contributed by atoms with E-state index in [-0.39, 0.29) is 4.90 Å². The zero-order chi connectivity index (χ0) is 26.0. The van der Waals surface area contributed by atoms with Gasteiger partial charge in [0.15, 0.2) is 0 Å². The van der Waals surface area contributed by atoms with E-state index in [0.717, 1.165) is 27.3 Å². The number of amides is 1. The Hall–Kier alpha value is -3.37. The number of hydrogen-bond acceptors (Lipinski definition) is 5. The van der Waals surface area contributed by atoms with Gasteiger partial charge in [0.1, 0.15) is 6.04 Å². The van der Waals surface area contributed by atoms with Crippen LogP contribution in [0, 0.1) is 20.8 Å². The van der Waals surface area contributed by atoms with Crippen molar-refractivity contribution in [2.45, 2.75) is 38.6 Å². The predicted octanol–water partition coefficient (Wildman–Crippen LogP) is 4.21. The molecule has 1 amide bonds. The Kier molecular flexibility index (Phi) is 7.56. The van der Waals surface area contributed by atoms with Gasteiger partial charge in [0.25, 0.3) is 10.0 Å². The van der Waals surface area contributed by atoms with E-state index in [1.807, 2.05) is 26.8 Å². The molecule has 0 heterocycles. The molecule has 0 fully saturated rings. The number of anilines is 3. The van der Waals surface area contributed by atoms with E-state index in [0.29, 0.717) is 17.1 Å². The van der Waals surface area contributed by atoms with E-state index in [9.17, 15) is 21.6 Å². The standard InChI is InChI=1S/C25H29N3O5S2/c1-17-6-12-23(13-7-17)28(34(5,30)31)20(4)25(29)26-21-10-14-24(15-11-21)35(32,33)27-22-9-8-18(2)19(3)16-22/h6-16,20,27H,1-5H3,(H,26,29)/t20-/m0/s1. The fourth-order valence-corrected chi connectivity index (χ4v) is 5.71. The molecule has 0 saturated heterocycles. The van der Waals surface area contributed by atoms with Crippen LogP contribution in [0.15, 0.2) is 71.6 Å². The summed E-state index contributed by atoms with van der Waals surface area (Å²) in [5.74, 6) is -0.556. The van der Waals surface area contributed by atoms with Crippen LogP contribution in [0.2, 0.25) is 0 Å². The van der Waals surface area contributed by atoms with Crippen LogP contribution >= 0.6 is 0 Å². The maximum absolute atomic E-state index is 12.9. The number of nitrogens with one attached hydrogen (secondary N) is 2. The number of sulfonamides is 2. The van der Waals surface area contributed by atoms with Gasteiger partial charge in [0.2, 0.25) is 15.9 Å². The van der Waals surface area contributed by atoms with Gasteiger partial charge in [0.05, 0.1) is 16.8 Å². The van der Waals surface area contributed by atoms with Crippen LogP contribution in [0.4, 0.5) is 17.1 Å². The molecular formula is C25H29N3O5S2. The van der Waals surface area contributed by atoms with Crippen molar-refractivity contribution in [2.75, 3.05) is 20.6 Å². The highest BCUT2D eigenvalue weighted by Crippen LogP contribution is 2.23. The lowest BCUT2D eigenvalue weighted by molar-refractivity contribution is -0.116. The first-order chi connectivity index (χ1) is 16.3. The molecule has 8 nitrogen and oxygen atoms in total. The molecule has 35 heavy (non-hydrogen) atoms. The van der Waals surface area contributed by atoms with E-state index < -0.39 is 32.0 Å². The number of carbonyl (C=O) groups excluding carboxylic acids is 1. The SMILES string of the molecule is Cc1ccc(N([C@@H](C)C(=O)Nc2ccc(S(=O)(=O)Nc3ccc(C)c(C)c3)cc2)S(C)(=O)=O)cc1. The number of benzene rings is 3. The molecule has 10 heteroatoms. The first kappa shape index (κ1) is 26.2. The molecule has 186 valence electrons. The summed E-state index contributed by atoms with van der Waals surface area (Å²) in [6.45, 7) is 7.21. The summed E-state index contributed by atoms with van der Waals surface area (Å²) in [6, 6.07) is 16.7. The lowest BCUT2D eigenvalue weighted by atomic mass is 10.1. The summed E-state index contributed by atoms with van der Waals surface area (Å²) in [7, 11) is -7.57. The third kappa shape index (κ3) is 6.40. The summed E-state index contributed by atoms with van der Waals surface area (Å²) in [4.78, 5) is 12.9. The lowest BCUT2D eigenvalue weighted by Crippen LogP contribution is -2.45. The van der Waals surface area contributed by atoms with Crippen molar-refractivity contribution in [2.24, 2.45) is 0 Å². The van der Waals surface area contributed by atoms with Gasteiger partial charge in [-0.05, 0) is 87.4 Å². The van der Waals surface area contributed by atoms with Crippen LogP contribution in [-0.4, -0.2) is 35.0 Å². The molecule has 3 aromatic carbocycles. The van der Waals surface area contributed by atoms with Crippen LogP contribution in [0.25, 0.3) is 0 Å². The van der Waals surface area contributed by atoms with Crippen LogP contribution < -0.4 is 14.3 Å². The minimum Gasteiger partial charge on any atom is -0.324 e. The molecule has 3 aromatic rings. The smallest absolute Gasteiger partial charge is 0.261 e. The van der Waals surface area contributed by atoms with Gasteiger partial charge in [-0.3, -0.25) is 13.8 Å². The van der Waals surface area contributed by atoms with Crippen molar-refractivity contribution in [1.82, 2.24) is 0 Å². The van der Waals surface area contributed by atoms with Crippen LogP contribution in [0.5, 0.6) is 0 Å². The zero-order valence-corrected chi connectivity index (χ0v) is 21.9. The number of hydrogen-bond donors (Lipinski definition) is 2. The highest BCUT2D eigenvalue weighted by Gasteiger charge is 2.29. The highest BCUT2D eigenvalue weighted by atomic mass is 32.2. The second kappa shape index (κ2) is 10.1. The normalized spacial score (nSPS) is 12.6. The second-order valence-electron chi connectivity index (χ2n) is 8.49. The van der Waals surface area contributed by atoms with E-state index >= 15 is 0 Å².